The quantitative estimate of drug-likeness (QED) is 0.318. The summed E-state index contributed by atoms with van der Waals surface area (Å²) in [6.07, 6.45) is 5.14. The van der Waals surface area contributed by atoms with E-state index in [2.05, 4.69) is 15.6 Å². The first-order valence-electron chi connectivity index (χ1n) is 12.1. The molecule has 0 bridgehead atoms. The molecular weight excluding hydrogens is 505 g/mol. The second-order valence-corrected chi connectivity index (χ2v) is 9.84. The third kappa shape index (κ3) is 6.22. The van der Waals surface area contributed by atoms with Crippen LogP contribution in [0.5, 0.6) is 0 Å². The van der Waals surface area contributed by atoms with Gasteiger partial charge in [0.1, 0.15) is 22.2 Å². The van der Waals surface area contributed by atoms with Crippen molar-refractivity contribution in [3.63, 3.8) is 0 Å². The lowest BCUT2D eigenvalue weighted by Gasteiger charge is -2.39. The van der Waals surface area contributed by atoms with Crippen LogP contribution in [-0.2, 0) is 20.8 Å². The molecular formula is C25H27ClFN5O5. The number of nitrogens with zero attached hydrogens (tertiary/aromatic N) is 3. The Kier molecular flexibility index (Phi) is 8.01. The van der Waals surface area contributed by atoms with Crippen molar-refractivity contribution < 1.29 is 23.7 Å². The molecule has 1 aromatic carbocycles. The highest BCUT2D eigenvalue weighted by molar-refractivity contribution is 6.29. The summed E-state index contributed by atoms with van der Waals surface area (Å²) in [6.45, 7) is 0.0897. The van der Waals surface area contributed by atoms with Crippen LogP contribution in [0.2, 0.25) is 5.15 Å². The van der Waals surface area contributed by atoms with Crippen LogP contribution in [0.3, 0.4) is 0 Å². The second kappa shape index (κ2) is 11.2. The zero-order chi connectivity index (χ0) is 26.6. The molecule has 196 valence electrons. The number of rotatable bonds is 7. The molecule has 1 atom stereocenters. The highest BCUT2D eigenvalue weighted by Gasteiger charge is 2.43. The molecule has 0 spiro atoms. The summed E-state index contributed by atoms with van der Waals surface area (Å²) in [5.74, 6) is -1.79. The molecule has 2 aliphatic rings. The van der Waals surface area contributed by atoms with E-state index >= 15 is 0 Å². The summed E-state index contributed by atoms with van der Waals surface area (Å²) in [6, 6.07) is 5.70. The van der Waals surface area contributed by atoms with Crippen molar-refractivity contribution in [3.8, 4) is 0 Å². The number of Topliss-reactive ketones (excluding diaryl/α,β-unsaturated/α-hetero) is 1. The molecule has 0 radical (unpaired) electrons. The van der Waals surface area contributed by atoms with Crippen LogP contribution in [-0.4, -0.2) is 52.2 Å². The van der Waals surface area contributed by atoms with E-state index in [0.717, 1.165) is 31.4 Å². The van der Waals surface area contributed by atoms with E-state index in [-0.39, 0.29) is 43.3 Å². The van der Waals surface area contributed by atoms with E-state index in [9.17, 15) is 28.9 Å². The first-order valence-corrected chi connectivity index (χ1v) is 12.5. The molecule has 12 heteroatoms. The van der Waals surface area contributed by atoms with Gasteiger partial charge in [-0.3, -0.25) is 24.5 Å². The van der Waals surface area contributed by atoms with Crippen LogP contribution in [0, 0.1) is 15.9 Å². The Labute approximate surface area is 217 Å². The van der Waals surface area contributed by atoms with Gasteiger partial charge in [-0.25, -0.2) is 9.37 Å². The normalized spacial score (nSPS) is 19.2. The minimum absolute atomic E-state index is 0.0347. The maximum absolute atomic E-state index is 13.5. The van der Waals surface area contributed by atoms with Gasteiger partial charge >= 0.3 is 0 Å². The number of carbonyl (C=O) groups is 3. The van der Waals surface area contributed by atoms with Gasteiger partial charge in [0.25, 0.3) is 5.69 Å². The molecule has 1 saturated heterocycles. The fraction of sp³-hybridized carbons (Fsp3) is 0.440. The Hall–Kier alpha value is -3.60. The standard InChI is InChI=1S/C25H27ClFN5O5/c26-22-7-4-16(14-28-22)12-23(34)30-25(9-2-1-3-10-25)24(35)29-18-8-11-31(15-21(18)33)19-6-5-17(27)13-20(19)32(36)37/h4-7,13-14,18H,1-3,8-12,15H2,(H,29,35)(H,30,34). The molecule has 2 aromatic rings. The number of benzene rings is 1. The third-order valence-electron chi connectivity index (χ3n) is 6.88. The maximum Gasteiger partial charge on any atom is 0.295 e. The predicted molar refractivity (Wildman–Crippen MR) is 134 cm³/mol. The molecule has 1 aliphatic heterocycles. The lowest BCUT2D eigenvalue weighted by molar-refractivity contribution is -0.384. The van der Waals surface area contributed by atoms with Crippen molar-refractivity contribution in [3.05, 3.63) is 63.2 Å². The molecule has 1 aliphatic carbocycles. The van der Waals surface area contributed by atoms with Gasteiger partial charge < -0.3 is 15.5 Å². The Morgan fingerprint density at radius 2 is 1.97 bits per heavy atom. The summed E-state index contributed by atoms with van der Waals surface area (Å²) >= 11 is 5.80. The first-order chi connectivity index (χ1) is 17.7. The number of nitro benzene ring substituents is 1. The van der Waals surface area contributed by atoms with Gasteiger partial charge in [-0.2, -0.15) is 0 Å². The zero-order valence-electron chi connectivity index (χ0n) is 20.0. The summed E-state index contributed by atoms with van der Waals surface area (Å²) < 4.78 is 13.5. The number of ketones is 1. The van der Waals surface area contributed by atoms with E-state index in [0.29, 0.717) is 23.6 Å². The van der Waals surface area contributed by atoms with Crippen LogP contribution >= 0.6 is 11.6 Å². The lowest BCUT2D eigenvalue weighted by atomic mass is 9.80. The van der Waals surface area contributed by atoms with Crippen LogP contribution < -0.4 is 15.5 Å². The Bertz CT molecular complexity index is 1200. The number of hydrogen-bond acceptors (Lipinski definition) is 7. The van der Waals surface area contributed by atoms with Crippen LogP contribution in [0.1, 0.15) is 44.1 Å². The fourth-order valence-corrected chi connectivity index (χ4v) is 5.07. The summed E-state index contributed by atoms with van der Waals surface area (Å²) in [5.41, 5.74) is -0.736. The number of amides is 2. The van der Waals surface area contributed by atoms with Crippen LogP contribution in [0.25, 0.3) is 0 Å². The van der Waals surface area contributed by atoms with Crippen molar-refractivity contribution in [1.29, 1.82) is 0 Å². The second-order valence-electron chi connectivity index (χ2n) is 9.45. The van der Waals surface area contributed by atoms with Gasteiger partial charge in [-0.15, -0.1) is 0 Å². The van der Waals surface area contributed by atoms with Gasteiger partial charge in [0.2, 0.25) is 11.8 Å². The van der Waals surface area contributed by atoms with Gasteiger partial charge in [-0.05, 0) is 43.0 Å². The minimum Gasteiger partial charge on any atom is -0.358 e. The highest BCUT2D eigenvalue weighted by Crippen LogP contribution is 2.32. The van der Waals surface area contributed by atoms with Crippen molar-refractivity contribution >= 4 is 40.6 Å². The van der Waals surface area contributed by atoms with Gasteiger partial charge in [0, 0.05) is 12.7 Å². The summed E-state index contributed by atoms with van der Waals surface area (Å²) in [7, 11) is 0. The molecule has 37 heavy (non-hydrogen) atoms. The Morgan fingerprint density at radius 1 is 1.22 bits per heavy atom. The molecule has 2 fully saturated rings. The van der Waals surface area contributed by atoms with Crippen molar-refractivity contribution in [2.45, 2.75) is 56.5 Å². The molecule has 2 amide bonds. The average Bonchev–Trinajstić information content (AvgIpc) is 2.87. The number of anilines is 1. The number of nitrogens with one attached hydrogen (secondary N) is 2. The molecule has 1 saturated carbocycles. The highest BCUT2D eigenvalue weighted by atomic mass is 35.5. The largest absolute Gasteiger partial charge is 0.358 e. The predicted octanol–water partition coefficient (Wildman–Crippen LogP) is 3.11. The average molecular weight is 532 g/mol. The molecule has 2 N–H and O–H groups in total. The van der Waals surface area contributed by atoms with Gasteiger partial charge in [-0.1, -0.05) is 36.9 Å². The van der Waals surface area contributed by atoms with E-state index in [1.807, 2.05) is 0 Å². The van der Waals surface area contributed by atoms with Gasteiger partial charge in [0.15, 0.2) is 5.78 Å². The summed E-state index contributed by atoms with van der Waals surface area (Å²) in [5, 5.41) is 17.4. The number of halogens is 2. The van der Waals surface area contributed by atoms with Crippen molar-refractivity contribution in [2.75, 3.05) is 18.0 Å². The molecule has 1 aromatic heterocycles. The summed E-state index contributed by atoms with van der Waals surface area (Å²) in [4.78, 5) is 55.4. The van der Waals surface area contributed by atoms with Crippen LogP contribution in [0.15, 0.2) is 36.5 Å². The number of pyridine rings is 1. The van der Waals surface area contributed by atoms with Gasteiger partial charge in [0.05, 0.1) is 30.0 Å². The number of nitro groups is 1. The van der Waals surface area contributed by atoms with E-state index in [4.69, 9.17) is 11.6 Å². The minimum atomic E-state index is -1.12. The third-order valence-corrected chi connectivity index (χ3v) is 7.10. The van der Waals surface area contributed by atoms with Crippen LogP contribution in [0.4, 0.5) is 15.8 Å². The first kappa shape index (κ1) is 26.5. The number of hydrogen-bond donors (Lipinski definition) is 2. The van der Waals surface area contributed by atoms with Crippen molar-refractivity contribution in [1.82, 2.24) is 15.6 Å². The lowest BCUT2D eigenvalue weighted by Crippen LogP contribution is -2.63. The maximum atomic E-state index is 13.5. The monoisotopic (exact) mass is 531 g/mol. The number of aromatic nitrogens is 1. The topological polar surface area (TPSA) is 135 Å². The number of piperidine rings is 1. The molecule has 1 unspecified atom stereocenters. The molecule has 4 rings (SSSR count). The molecule has 10 nitrogen and oxygen atoms in total. The fourth-order valence-electron chi connectivity index (χ4n) is 4.96. The SMILES string of the molecule is O=C(Cc1ccc(Cl)nc1)NC1(C(=O)NC2CCN(c3ccc(F)cc3[N+](=O)[O-])CC2=O)CCCCC1. The van der Waals surface area contributed by atoms with E-state index < -0.39 is 33.9 Å². The smallest absolute Gasteiger partial charge is 0.295 e. The van der Waals surface area contributed by atoms with E-state index in [1.54, 1.807) is 12.1 Å². The van der Waals surface area contributed by atoms with E-state index in [1.165, 1.54) is 17.2 Å². The molecule has 2 heterocycles. The van der Waals surface area contributed by atoms with Crippen molar-refractivity contribution in [2.24, 2.45) is 0 Å². The Balaban J connectivity index is 1.42. The number of carbonyl (C=O) groups excluding carboxylic acids is 3. The zero-order valence-corrected chi connectivity index (χ0v) is 20.8. The Morgan fingerprint density at radius 3 is 2.62 bits per heavy atom.